The summed E-state index contributed by atoms with van der Waals surface area (Å²) in [6, 6.07) is 12.3. The van der Waals surface area contributed by atoms with E-state index in [1.54, 1.807) is 26.0 Å². The number of aromatic hydroxyl groups is 1. The quantitative estimate of drug-likeness (QED) is 0.247. The van der Waals surface area contributed by atoms with Crippen LogP contribution in [0, 0.1) is 12.8 Å². The number of benzene rings is 3. The molecule has 0 saturated carbocycles. The molecule has 3 aromatic rings. The Hall–Kier alpha value is -2.82. The van der Waals surface area contributed by atoms with E-state index in [-0.39, 0.29) is 42.7 Å². The van der Waals surface area contributed by atoms with Crippen molar-refractivity contribution >= 4 is 68.0 Å². The smallest absolute Gasteiger partial charge is 0.255 e. The standard InChI is InChI=1S/C25H24Cl3N3O5S/c1-13-4-7-17(8-5-13)37(35,36)31-15(3)14(2)24(33)29-21-12-23(32)22(11-20(21)28)30-25(34)16-6-9-18(26)19(27)10-16/h4-12,14-15,31-32H,1-3H3,(H,29,33)(H,30,34). The SMILES string of the molecule is Cc1ccc(S(=O)(=O)NC(C)C(C)C(=O)Nc2cc(O)c(NC(=O)c3ccc(Cl)c(Cl)c3)cc2Cl)cc1. The normalized spacial score (nSPS) is 13.0. The molecule has 0 saturated heterocycles. The molecule has 8 nitrogen and oxygen atoms in total. The van der Waals surface area contributed by atoms with Crippen molar-refractivity contribution < 1.29 is 23.1 Å². The molecule has 0 aliphatic carbocycles. The average molecular weight is 585 g/mol. The molecular formula is C25H24Cl3N3O5S. The number of carbonyl (C=O) groups excluding carboxylic acids is 2. The minimum atomic E-state index is -3.84. The van der Waals surface area contributed by atoms with Crippen LogP contribution >= 0.6 is 34.8 Å². The summed E-state index contributed by atoms with van der Waals surface area (Å²) in [6.07, 6.45) is 0. The summed E-state index contributed by atoms with van der Waals surface area (Å²) in [4.78, 5) is 25.4. The van der Waals surface area contributed by atoms with E-state index in [2.05, 4.69) is 15.4 Å². The van der Waals surface area contributed by atoms with Gasteiger partial charge in [-0.1, -0.05) is 59.4 Å². The first-order valence-corrected chi connectivity index (χ1v) is 13.6. The fourth-order valence-electron chi connectivity index (χ4n) is 3.20. The molecule has 0 aliphatic rings. The maximum absolute atomic E-state index is 12.8. The number of nitrogens with one attached hydrogen (secondary N) is 3. The molecule has 0 radical (unpaired) electrons. The van der Waals surface area contributed by atoms with Gasteiger partial charge in [0, 0.05) is 17.7 Å². The van der Waals surface area contributed by atoms with Gasteiger partial charge in [0.25, 0.3) is 5.91 Å². The lowest BCUT2D eigenvalue weighted by molar-refractivity contribution is -0.119. The Balaban J connectivity index is 1.69. The number of phenolic OH excluding ortho intramolecular Hbond substituents is 1. The molecule has 0 heterocycles. The van der Waals surface area contributed by atoms with Crippen molar-refractivity contribution in [2.75, 3.05) is 10.6 Å². The van der Waals surface area contributed by atoms with Crippen LogP contribution in [-0.2, 0) is 14.8 Å². The van der Waals surface area contributed by atoms with Crippen LogP contribution in [0.5, 0.6) is 5.75 Å². The molecule has 12 heteroatoms. The van der Waals surface area contributed by atoms with Crippen molar-refractivity contribution in [1.82, 2.24) is 4.72 Å². The summed E-state index contributed by atoms with van der Waals surface area (Å²) >= 11 is 18.1. The minimum absolute atomic E-state index is 0.00588. The van der Waals surface area contributed by atoms with E-state index < -0.39 is 33.8 Å². The molecule has 2 unspecified atom stereocenters. The number of rotatable bonds is 8. The Morgan fingerprint density at radius 2 is 1.49 bits per heavy atom. The molecule has 4 N–H and O–H groups in total. The molecule has 37 heavy (non-hydrogen) atoms. The van der Waals surface area contributed by atoms with Crippen LogP contribution in [-0.4, -0.2) is 31.4 Å². The van der Waals surface area contributed by atoms with Gasteiger partial charge < -0.3 is 15.7 Å². The van der Waals surface area contributed by atoms with Gasteiger partial charge in [-0.15, -0.1) is 0 Å². The van der Waals surface area contributed by atoms with Crippen LogP contribution in [0.3, 0.4) is 0 Å². The lowest BCUT2D eigenvalue weighted by Crippen LogP contribution is -2.41. The fraction of sp³-hybridized carbons (Fsp3) is 0.200. The third-order valence-electron chi connectivity index (χ3n) is 5.61. The molecule has 0 fully saturated rings. The maximum atomic E-state index is 12.8. The molecule has 0 aromatic heterocycles. The van der Waals surface area contributed by atoms with Gasteiger partial charge in [0.2, 0.25) is 15.9 Å². The highest BCUT2D eigenvalue weighted by atomic mass is 35.5. The van der Waals surface area contributed by atoms with Crippen molar-refractivity contribution in [3.63, 3.8) is 0 Å². The highest BCUT2D eigenvalue weighted by molar-refractivity contribution is 7.89. The first-order valence-electron chi connectivity index (χ1n) is 11.0. The number of halogens is 3. The number of phenols is 1. The number of hydrogen-bond donors (Lipinski definition) is 4. The van der Waals surface area contributed by atoms with Gasteiger partial charge in [-0.3, -0.25) is 9.59 Å². The van der Waals surface area contributed by atoms with Crippen molar-refractivity contribution in [2.24, 2.45) is 5.92 Å². The molecule has 3 aromatic carbocycles. The molecule has 0 aliphatic heterocycles. The van der Waals surface area contributed by atoms with E-state index in [0.717, 1.165) is 5.56 Å². The maximum Gasteiger partial charge on any atom is 0.255 e. The molecule has 196 valence electrons. The Kier molecular flexibility index (Phi) is 9.09. The van der Waals surface area contributed by atoms with Crippen LogP contribution in [0.2, 0.25) is 15.1 Å². The first kappa shape index (κ1) is 28.7. The predicted octanol–water partition coefficient (Wildman–Crippen LogP) is 5.85. The van der Waals surface area contributed by atoms with Crippen LogP contribution in [0.25, 0.3) is 0 Å². The summed E-state index contributed by atoms with van der Waals surface area (Å²) in [5.74, 6) is -2.25. The van der Waals surface area contributed by atoms with Gasteiger partial charge in [0.05, 0.1) is 37.3 Å². The van der Waals surface area contributed by atoms with Gasteiger partial charge >= 0.3 is 0 Å². The van der Waals surface area contributed by atoms with Gasteiger partial charge in [-0.05, 0) is 50.2 Å². The van der Waals surface area contributed by atoms with E-state index >= 15 is 0 Å². The number of aryl methyl sites for hydroxylation is 1. The summed E-state index contributed by atoms with van der Waals surface area (Å²) in [6.45, 7) is 4.96. The topological polar surface area (TPSA) is 125 Å². The second kappa shape index (κ2) is 11.7. The highest BCUT2D eigenvalue weighted by Gasteiger charge is 2.26. The van der Waals surface area contributed by atoms with Gasteiger partial charge in [-0.25, -0.2) is 13.1 Å². The van der Waals surface area contributed by atoms with Crippen molar-refractivity contribution in [2.45, 2.75) is 31.7 Å². The summed E-state index contributed by atoms with van der Waals surface area (Å²) < 4.78 is 27.8. The molecular weight excluding hydrogens is 561 g/mol. The molecule has 0 spiro atoms. The van der Waals surface area contributed by atoms with Gasteiger partial charge in [0.1, 0.15) is 5.75 Å². The van der Waals surface area contributed by atoms with Crippen LogP contribution in [0.15, 0.2) is 59.5 Å². The summed E-state index contributed by atoms with van der Waals surface area (Å²) in [5.41, 5.74) is 1.21. The van der Waals surface area contributed by atoms with E-state index in [9.17, 15) is 23.1 Å². The predicted molar refractivity (Wildman–Crippen MR) is 146 cm³/mol. The Labute approximate surface area is 230 Å². The Morgan fingerprint density at radius 1 is 0.838 bits per heavy atom. The van der Waals surface area contributed by atoms with Crippen LogP contribution in [0.4, 0.5) is 11.4 Å². The Bertz CT molecular complexity index is 1450. The molecule has 2 amide bonds. The average Bonchev–Trinajstić information content (AvgIpc) is 2.83. The van der Waals surface area contributed by atoms with Crippen molar-refractivity contribution in [1.29, 1.82) is 0 Å². The zero-order chi connectivity index (χ0) is 27.5. The van der Waals surface area contributed by atoms with Crippen molar-refractivity contribution in [3.8, 4) is 5.75 Å². The number of sulfonamides is 1. The lowest BCUT2D eigenvalue weighted by Gasteiger charge is -2.21. The van der Waals surface area contributed by atoms with E-state index in [1.807, 2.05) is 6.92 Å². The number of carbonyl (C=O) groups is 2. The second-order valence-corrected chi connectivity index (χ2v) is 11.4. The summed E-state index contributed by atoms with van der Waals surface area (Å²) in [7, 11) is -3.84. The zero-order valence-corrected chi connectivity index (χ0v) is 23.1. The summed E-state index contributed by atoms with van der Waals surface area (Å²) in [5, 5.41) is 16.0. The largest absolute Gasteiger partial charge is 0.506 e. The van der Waals surface area contributed by atoms with Crippen LogP contribution < -0.4 is 15.4 Å². The van der Waals surface area contributed by atoms with Crippen molar-refractivity contribution in [3.05, 3.63) is 80.8 Å². The van der Waals surface area contributed by atoms with Crippen LogP contribution in [0.1, 0.15) is 29.8 Å². The number of hydrogen-bond acceptors (Lipinski definition) is 5. The van der Waals surface area contributed by atoms with E-state index in [1.165, 1.54) is 42.5 Å². The second-order valence-electron chi connectivity index (χ2n) is 8.43. The Morgan fingerprint density at radius 3 is 2.11 bits per heavy atom. The van der Waals surface area contributed by atoms with E-state index in [0.29, 0.717) is 0 Å². The fourth-order valence-corrected chi connectivity index (χ4v) is 5.03. The molecule has 2 atom stereocenters. The zero-order valence-electron chi connectivity index (χ0n) is 20.0. The number of amides is 2. The van der Waals surface area contributed by atoms with E-state index in [4.69, 9.17) is 34.8 Å². The lowest BCUT2D eigenvalue weighted by atomic mass is 10.0. The number of anilines is 2. The third-order valence-corrected chi connectivity index (χ3v) is 8.24. The third kappa shape index (κ3) is 7.15. The monoisotopic (exact) mass is 583 g/mol. The molecule has 3 rings (SSSR count). The first-order chi connectivity index (χ1) is 17.3. The van der Waals surface area contributed by atoms with Gasteiger partial charge in [-0.2, -0.15) is 0 Å². The van der Waals surface area contributed by atoms with Gasteiger partial charge in [0.15, 0.2) is 0 Å². The highest BCUT2D eigenvalue weighted by Crippen LogP contribution is 2.35. The minimum Gasteiger partial charge on any atom is -0.506 e. The molecule has 0 bridgehead atoms.